The summed E-state index contributed by atoms with van der Waals surface area (Å²) >= 11 is 0. The minimum absolute atomic E-state index is 0.251. The third-order valence-electron chi connectivity index (χ3n) is 3.04. The normalized spacial score (nSPS) is 20.1. The molecule has 1 saturated heterocycles. The second-order valence-corrected chi connectivity index (χ2v) is 4.36. The van der Waals surface area contributed by atoms with E-state index in [0.717, 1.165) is 29.8 Å². The molecule has 1 aliphatic rings. The summed E-state index contributed by atoms with van der Waals surface area (Å²) < 4.78 is 0. The van der Waals surface area contributed by atoms with Gasteiger partial charge in [-0.15, -0.1) is 0 Å². The molecular weight excluding hydrogens is 216 g/mol. The molecule has 17 heavy (non-hydrogen) atoms. The van der Waals surface area contributed by atoms with Gasteiger partial charge in [0.25, 0.3) is 0 Å². The lowest BCUT2D eigenvalue weighted by Gasteiger charge is -2.16. The fraction of sp³-hybridized carbons (Fsp3) is 0.333. The van der Waals surface area contributed by atoms with E-state index < -0.39 is 0 Å². The first-order chi connectivity index (χ1) is 8.22. The summed E-state index contributed by atoms with van der Waals surface area (Å²) in [6.45, 7) is 1.46. The zero-order valence-electron chi connectivity index (χ0n) is 9.37. The van der Waals surface area contributed by atoms with Crippen LogP contribution < -0.4 is 10.6 Å². The van der Waals surface area contributed by atoms with E-state index in [0.29, 0.717) is 12.2 Å². The van der Waals surface area contributed by atoms with Crippen LogP contribution in [0.4, 0.5) is 11.5 Å². The van der Waals surface area contributed by atoms with Crippen LogP contribution in [0.25, 0.3) is 11.0 Å². The summed E-state index contributed by atoms with van der Waals surface area (Å²) in [6, 6.07) is 5.50. The van der Waals surface area contributed by atoms with E-state index in [4.69, 9.17) is 5.73 Å². The highest BCUT2D eigenvalue weighted by Gasteiger charge is 2.21. The van der Waals surface area contributed by atoms with Crippen LogP contribution in [0, 0.1) is 0 Å². The molecule has 0 saturated carbocycles. The van der Waals surface area contributed by atoms with Crippen LogP contribution in [0.5, 0.6) is 0 Å². The average Bonchev–Trinajstić information content (AvgIpc) is 2.75. The maximum Gasteiger partial charge on any atom is 0.147 e. The molecule has 3 rings (SSSR count). The van der Waals surface area contributed by atoms with Gasteiger partial charge in [0.1, 0.15) is 5.82 Å². The van der Waals surface area contributed by atoms with Gasteiger partial charge in [-0.2, -0.15) is 0 Å². The second-order valence-electron chi connectivity index (χ2n) is 4.36. The van der Waals surface area contributed by atoms with E-state index in [1.165, 1.54) is 0 Å². The van der Waals surface area contributed by atoms with Crippen LogP contribution in [0.2, 0.25) is 0 Å². The number of anilines is 2. The van der Waals surface area contributed by atoms with Crippen molar-refractivity contribution in [3.05, 3.63) is 24.4 Å². The predicted octanol–water partition coefficient (Wildman–Crippen LogP) is 0.783. The summed E-state index contributed by atoms with van der Waals surface area (Å²) in [5.74, 6) is 0.818. The molecule has 88 valence electrons. The van der Waals surface area contributed by atoms with Crippen molar-refractivity contribution in [3.8, 4) is 0 Å². The SMILES string of the molecule is Nc1ccc2nc(N3CC[C@H](O)C3)cnc2c1. The number of aliphatic hydroxyl groups excluding tert-OH is 1. The van der Waals surface area contributed by atoms with Crippen molar-refractivity contribution in [2.24, 2.45) is 0 Å². The summed E-state index contributed by atoms with van der Waals surface area (Å²) in [6.07, 6.45) is 2.28. The van der Waals surface area contributed by atoms with Gasteiger partial charge in [0, 0.05) is 18.8 Å². The van der Waals surface area contributed by atoms with Gasteiger partial charge < -0.3 is 15.7 Å². The number of aliphatic hydroxyl groups is 1. The molecule has 0 amide bonds. The Morgan fingerprint density at radius 1 is 1.35 bits per heavy atom. The van der Waals surface area contributed by atoms with Crippen molar-refractivity contribution in [2.75, 3.05) is 23.7 Å². The minimum Gasteiger partial charge on any atom is -0.399 e. The maximum absolute atomic E-state index is 9.50. The van der Waals surface area contributed by atoms with E-state index in [2.05, 4.69) is 9.97 Å². The first kappa shape index (κ1) is 10.3. The third-order valence-corrected chi connectivity index (χ3v) is 3.04. The van der Waals surface area contributed by atoms with Crippen molar-refractivity contribution in [2.45, 2.75) is 12.5 Å². The Morgan fingerprint density at radius 2 is 2.24 bits per heavy atom. The number of rotatable bonds is 1. The fourth-order valence-corrected chi connectivity index (χ4v) is 2.12. The van der Waals surface area contributed by atoms with Gasteiger partial charge in [-0.05, 0) is 24.6 Å². The second kappa shape index (κ2) is 3.85. The molecule has 1 aromatic carbocycles. The summed E-state index contributed by atoms with van der Waals surface area (Å²) in [4.78, 5) is 10.9. The molecule has 1 atom stereocenters. The fourth-order valence-electron chi connectivity index (χ4n) is 2.12. The zero-order chi connectivity index (χ0) is 11.8. The van der Waals surface area contributed by atoms with Gasteiger partial charge in [-0.3, -0.25) is 4.98 Å². The van der Waals surface area contributed by atoms with Crippen LogP contribution in [-0.4, -0.2) is 34.3 Å². The maximum atomic E-state index is 9.50. The van der Waals surface area contributed by atoms with Crippen LogP contribution in [0.1, 0.15) is 6.42 Å². The molecular formula is C12H14N4O. The van der Waals surface area contributed by atoms with Crippen molar-refractivity contribution in [3.63, 3.8) is 0 Å². The number of benzene rings is 1. The molecule has 0 aliphatic carbocycles. The average molecular weight is 230 g/mol. The van der Waals surface area contributed by atoms with Crippen LogP contribution >= 0.6 is 0 Å². The van der Waals surface area contributed by atoms with Gasteiger partial charge in [-0.25, -0.2) is 4.98 Å². The monoisotopic (exact) mass is 230 g/mol. The molecule has 0 radical (unpaired) electrons. The van der Waals surface area contributed by atoms with Gasteiger partial charge in [0.2, 0.25) is 0 Å². The molecule has 2 heterocycles. The number of nitrogen functional groups attached to an aromatic ring is 1. The third kappa shape index (κ3) is 1.89. The van der Waals surface area contributed by atoms with Gasteiger partial charge in [0.15, 0.2) is 0 Å². The largest absolute Gasteiger partial charge is 0.399 e. The van der Waals surface area contributed by atoms with E-state index >= 15 is 0 Å². The van der Waals surface area contributed by atoms with Crippen LogP contribution in [-0.2, 0) is 0 Å². The van der Waals surface area contributed by atoms with E-state index in [1.807, 2.05) is 23.1 Å². The summed E-state index contributed by atoms with van der Waals surface area (Å²) in [7, 11) is 0. The first-order valence-corrected chi connectivity index (χ1v) is 5.68. The summed E-state index contributed by atoms with van der Waals surface area (Å²) in [5.41, 5.74) is 8.01. The lowest BCUT2D eigenvalue weighted by molar-refractivity contribution is 0.198. The number of nitrogens with two attached hydrogens (primary N) is 1. The van der Waals surface area contributed by atoms with E-state index in [1.54, 1.807) is 6.20 Å². The summed E-state index contributed by atoms with van der Waals surface area (Å²) in [5, 5.41) is 9.50. The zero-order valence-corrected chi connectivity index (χ0v) is 9.37. The molecule has 0 spiro atoms. The lowest BCUT2D eigenvalue weighted by Crippen LogP contribution is -2.22. The van der Waals surface area contributed by atoms with Gasteiger partial charge in [0.05, 0.1) is 23.3 Å². The molecule has 0 bridgehead atoms. The molecule has 1 fully saturated rings. The molecule has 5 nitrogen and oxygen atoms in total. The standard InChI is InChI=1S/C12H14N4O/c13-8-1-2-10-11(5-8)14-6-12(15-10)16-4-3-9(17)7-16/h1-2,5-6,9,17H,3-4,7,13H2/t9-/m0/s1. The van der Waals surface area contributed by atoms with Crippen LogP contribution in [0.3, 0.4) is 0 Å². The highest BCUT2D eigenvalue weighted by molar-refractivity contribution is 5.79. The van der Waals surface area contributed by atoms with Crippen molar-refractivity contribution >= 4 is 22.5 Å². The van der Waals surface area contributed by atoms with Crippen molar-refractivity contribution in [1.29, 1.82) is 0 Å². The molecule has 3 N–H and O–H groups in total. The Morgan fingerprint density at radius 3 is 3.00 bits per heavy atom. The molecule has 2 aromatic rings. The Labute approximate surface area is 98.9 Å². The molecule has 1 aromatic heterocycles. The van der Waals surface area contributed by atoms with Gasteiger partial charge >= 0.3 is 0 Å². The minimum atomic E-state index is -0.251. The van der Waals surface area contributed by atoms with Crippen molar-refractivity contribution in [1.82, 2.24) is 9.97 Å². The van der Waals surface area contributed by atoms with Crippen molar-refractivity contribution < 1.29 is 5.11 Å². The molecule has 1 aliphatic heterocycles. The molecule has 0 unspecified atom stereocenters. The highest BCUT2D eigenvalue weighted by Crippen LogP contribution is 2.21. The quantitative estimate of drug-likeness (QED) is 0.708. The Kier molecular flexibility index (Phi) is 2.33. The van der Waals surface area contributed by atoms with E-state index in [-0.39, 0.29) is 6.10 Å². The first-order valence-electron chi connectivity index (χ1n) is 5.68. The molecule has 5 heteroatoms. The Bertz CT molecular complexity index is 557. The Hall–Kier alpha value is -1.88. The number of fused-ring (bicyclic) bond motifs is 1. The van der Waals surface area contributed by atoms with E-state index in [9.17, 15) is 5.11 Å². The van der Waals surface area contributed by atoms with Crippen LogP contribution in [0.15, 0.2) is 24.4 Å². The number of hydrogen-bond donors (Lipinski definition) is 2. The topological polar surface area (TPSA) is 75.3 Å². The number of aromatic nitrogens is 2. The predicted molar refractivity (Wildman–Crippen MR) is 66.8 cm³/mol. The smallest absolute Gasteiger partial charge is 0.147 e. The lowest BCUT2D eigenvalue weighted by atomic mass is 10.2. The Balaban J connectivity index is 1.99. The number of β-amino-alcohol motifs (C(OH)–C–C–N with tert-alkyl or cyclic N) is 1. The number of hydrogen-bond acceptors (Lipinski definition) is 5. The van der Waals surface area contributed by atoms with Gasteiger partial charge in [-0.1, -0.05) is 0 Å². The number of nitrogens with zero attached hydrogens (tertiary/aromatic N) is 3. The highest BCUT2D eigenvalue weighted by atomic mass is 16.3.